The predicted molar refractivity (Wildman–Crippen MR) is 124 cm³/mol. The molecule has 0 bridgehead atoms. The van der Waals surface area contributed by atoms with E-state index in [1.165, 1.54) is 0 Å². The van der Waals surface area contributed by atoms with Gasteiger partial charge in [0.25, 0.3) is 5.89 Å². The summed E-state index contributed by atoms with van der Waals surface area (Å²) >= 11 is 6.34. The van der Waals surface area contributed by atoms with E-state index in [9.17, 15) is 4.79 Å². The lowest BCUT2D eigenvalue weighted by Crippen LogP contribution is -2.27. The Labute approximate surface area is 197 Å². The third kappa shape index (κ3) is 5.83. The van der Waals surface area contributed by atoms with Gasteiger partial charge in [0.05, 0.1) is 11.1 Å². The Morgan fingerprint density at radius 1 is 1.24 bits per heavy atom. The fourth-order valence-electron chi connectivity index (χ4n) is 3.65. The number of carboxylic acids is 1. The summed E-state index contributed by atoms with van der Waals surface area (Å²) in [5.41, 5.74) is 2.54. The highest BCUT2D eigenvalue weighted by atomic mass is 35.5. The van der Waals surface area contributed by atoms with Crippen LogP contribution in [-0.2, 0) is 11.3 Å². The highest BCUT2D eigenvalue weighted by molar-refractivity contribution is 6.32. The molecule has 0 amide bonds. The minimum absolute atomic E-state index is 0.0237. The Balaban J connectivity index is 1.48. The molecule has 1 N–H and O–H groups in total. The number of hydrogen-bond donors (Lipinski definition) is 1. The molecule has 0 unspecified atom stereocenters. The van der Waals surface area contributed by atoms with E-state index in [-0.39, 0.29) is 12.5 Å². The molecule has 0 saturated carbocycles. The van der Waals surface area contributed by atoms with Crippen LogP contribution in [0.3, 0.4) is 0 Å². The first-order valence-electron chi connectivity index (χ1n) is 10.9. The van der Waals surface area contributed by atoms with Crippen LogP contribution in [0.2, 0.25) is 5.02 Å². The lowest BCUT2D eigenvalue weighted by atomic mass is 10.1. The first kappa shape index (κ1) is 23.1. The smallest absolute Gasteiger partial charge is 0.303 e. The second kappa shape index (κ2) is 10.2. The molecule has 0 spiro atoms. The van der Waals surface area contributed by atoms with E-state index in [1.807, 2.05) is 38.1 Å². The minimum Gasteiger partial charge on any atom is -0.492 e. The topological polar surface area (TPSA) is 97.9 Å². The monoisotopic (exact) mass is 471 g/mol. The molecule has 0 radical (unpaired) electrons. The van der Waals surface area contributed by atoms with Gasteiger partial charge in [-0.05, 0) is 51.1 Å². The van der Waals surface area contributed by atoms with Crippen molar-refractivity contribution in [2.24, 2.45) is 0 Å². The molecule has 3 aromatic rings. The summed E-state index contributed by atoms with van der Waals surface area (Å²) in [7, 11) is 0. The number of halogens is 1. The van der Waals surface area contributed by atoms with Crippen LogP contribution < -0.4 is 9.47 Å². The molecule has 174 valence electrons. The summed E-state index contributed by atoms with van der Waals surface area (Å²) in [5.74, 6) is 1.43. The Morgan fingerprint density at radius 3 is 2.82 bits per heavy atom. The van der Waals surface area contributed by atoms with Crippen LogP contribution in [0, 0.1) is 0 Å². The average Bonchev–Trinajstić information content (AvgIpc) is 3.17. The van der Waals surface area contributed by atoms with E-state index in [1.54, 1.807) is 12.1 Å². The van der Waals surface area contributed by atoms with E-state index in [0.717, 1.165) is 23.4 Å². The molecule has 0 saturated heterocycles. The number of fused-ring (bicyclic) bond motifs is 1. The molecule has 0 aliphatic carbocycles. The number of ether oxygens (including phenoxy) is 2. The maximum absolute atomic E-state index is 10.8. The van der Waals surface area contributed by atoms with E-state index in [2.05, 4.69) is 15.0 Å². The summed E-state index contributed by atoms with van der Waals surface area (Å²) < 4.78 is 17.1. The number of aliphatic carboxylic acids is 1. The summed E-state index contributed by atoms with van der Waals surface area (Å²) in [6.07, 6.45) is 0.806. The van der Waals surface area contributed by atoms with E-state index >= 15 is 0 Å². The molecule has 9 heteroatoms. The van der Waals surface area contributed by atoms with Gasteiger partial charge in [-0.3, -0.25) is 9.69 Å². The first-order chi connectivity index (χ1) is 15.9. The second-order valence-electron chi connectivity index (χ2n) is 8.18. The Kier molecular flexibility index (Phi) is 7.15. The minimum atomic E-state index is -0.771. The van der Waals surface area contributed by atoms with Crippen molar-refractivity contribution < 1.29 is 23.9 Å². The molecule has 2 aromatic carbocycles. The number of carboxylic acid groups (broad SMARTS) is 1. The SMILES string of the molecule is CC(C)Oc1ccc(-c2nc(-c3ccc4c(c3)OCCN(CCCC(=O)O)C4)no2)cc1Cl. The number of nitrogens with zero attached hydrogens (tertiary/aromatic N) is 3. The molecule has 1 aliphatic heterocycles. The van der Waals surface area contributed by atoms with Gasteiger partial charge in [-0.25, -0.2) is 0 Å². The van der Waals surface area contributed by atoms with Gasteiger partial charge in [-0.15, -0.1) is 0 Å². The van der Waals surface area contributed by atoms with E-state index in [4.69, 9.17) is 30.7 Å². The highest BCUT2D eigenvalue weighted by Crippen LogP contribution is 2.33. The van der Waals surface area contributed by atoms with Crippen LogP contribution in [0.1, 0.15) is 32.3 Å². The van der Waals surface area contributed by atoms with Crippen LogP contribution in [0.15, 0.2) is 40.9 Å². The van der Waals surface area contributed by atoms with Crippen molar-refractivity contribution in [3.8, 4) is 34.3 Å². The zero-order valence-corrected chi connectivity index (χ0v) is 19.3. The third-order valence-electron chi connectivity index (χ3n) is 5.22. The van der Waals surface area contributed by atoms with Crippen molar-refractivity contribution in [1.29, 1.82) is 0 Å². The summed E-state index contributed by atoms with van der Waals surface area (Å²) in [4.78, 5) is 17.5. The zero-order chi connectivity index (χ0) is 23.4. The Bertz CT molecular complexity index is 1130. The number of benzene rings is 2. The normalized spacial score (nSPS) is 13.9. The quantitative estimate of drug-likeness (QED) is 0.495. The van der Waals surface area contributed by atoms with E-state index < -0.39 is 5.97 Å². The number of aromatic nitrogens is 2. The van der Waals surface area contributed by atoms with Gasteiger partial charge in [0.15, 0.2) is 0 Å². The lowest BCUT2D eigenvalue weighted by Gasteiger charge is -2.18. The summed E-state index contributed by atoms with van der Waals surface area (Å²) in [6.45, 7) is 6.58. The van der Waals surface area contributed by atoms with Crippen molar-refractivity contribution in [3.63, 3.8) is 0 Å². The van der Waals surface area contributed by atoms with Crippen LogP contribution in [0.4, 0.5) is 0 Å². The standard InChI is InChI=1S/C24H26ClN3O5/c1-15(2)32-20-8-7-17(12-19(20)25)24-26-23(27-33-24)16-5-6-18-14-28(9-3-4-22(29)30)10-11-31-21(18)13-16/h5-8,12-13,15H,3-4,9-11,14H2,1-2H3,(H,29,30). The fourth-order valence-corrected chi connectivity index (χ4v) is 3.87. The molecule has 0 atom stereocenters. The number of hydrogen-bond acceptors (Lipinski definition) is 7. The van der Waals surface area contributed by atoms with Crippen molar-refractivity contribution >= 4 is 17.6 Å². The van der Waals surface area contributed by atoms with Crippen molar-refractivity contribution in [2.45, 2.75) is 39.3 Å². The van der Waals surface area contributed by atoms with E-state index in [0.29, 0.717) is 54.2 Å². The fraction of sp³-hybridized carbons (Fsp3) is 0.375. The number of rotatable bonds is 8. The van der Waals surface area contributed by atoms with Gasteiger partial charge in [-0.2, -0.15) is 4.98 Å². The zero-order valence-electron chi connectivity index (χ0n) is 18.6. The molecule has 8 nitrogen and oxygen atoms in total. The van der Waals surface area contributed by atoms with Crippen LogP contribution >= 0.6 is 11.6 Å². The molecular formula is C24H26ClN3O5. The average molecular weight is 472 g/mol. The lowest BCUT2D eigenvalue weighted by molar-refractivity contribution is -0.137. The Morgan fingerprint density at radius 2 is 2.06 bits per heavy atom. The van der Waals surface area contributed by atoms with Crippen molar-refractivity contribution in [1.82, 2.24) is 15.0 Å². The third-order valence-corrected chi connectivity index (χ3v) is 5.51. The molecule has 33 heavy (non-hydrogen) atoms. The summed E-state index contributed by atoms with van der Waals surface area (Å²) in [5, 5.41) is 13.5. The largest absolute Gasteiger partial charge is 0.492 e. The van der Waals surface area contributed by atoms with Crippen molar-refractivity contribution in [3.05, 3.63) is 47.0 Å². The predicted octanol–water partition coefficient (Wildman–Crippen LogP) is 4.90. The van der Waals surface area contributed by atoms with Gasteiger partial charge >= 0.3 is 5.97 Å². The van der Waals surface area contributed by atoms with Crippen LogP contribution in [0.5, 0.6) is 11.5 Å². The number of carbonyl (C=O) groups is 1. The van der Waals surface area contributed by atoms with Gasteiger partial charge in [0.2, 0.25) is 5.82 Å². The van der Waals surface area contributed by atoms with Gasteiger partial charge < -0.3 is 19.1 Å². The van der Waals surface area contributed by atoms with Crippen molar-refractivity contribution in [2.75, 3.05) is 19.7 Å². The molecule has 1 aliphatic rings. The molecule has 2 heterocycles. The molecule has 1 aromatic heterocycles. The first-order valence-corrected chi connectivity index (χ1v) is 11.3. The Hall–Kier alpha value is -3.10. The van der Waals surface area contributed by atoms with Crippen LogP contribution in [0.25, 0.3) is 22.8 Å². The maximum atomic E-state index is 10.8. The molecule has 0 fully saturated rings. The molecule has 4 rings (SSSR count). The maximum Gasteiger partial charge on any atom is 0.303 e. The van der Waals surface area contributed by atoms with Gasteiger partial charge in [-0.1, -0.05) is 28.9 Å². The highest BCUT2D eigenvalue weighted by Gasteiger charge is 2.18. The second-order valence-corrected chi connectivity index (χ2v) is 8.59. The van der Waals surface area contributed by atoms with Crippen LogP contribution in [-0.4, -0.2) is 51.9 Å². The van der Waals surface area contributed by atoms with Gasteiger partial charge in [0, 0.05) is 36.2 Å². The summed E-state index contributed by atoms with van der Waals surface area (Å²) in [6, 6.07) is 11.2. The molecular weight excluding hydrogens is 446 g/mol. The van der Waals surface area contributed by atoms with Gasteiger partial charge in [0.1, 0.15) is 18.1 Å².